The van der Waals surface area contributed by atoms with Crippen LogP contribution in [0.5, 0.6) is 0 Å². The molecule has 0 radical (unpaired) electrons. The Hall–Kier alpha value is -1.37. The van der Waals surface area contributed by atoms with Crippen LogP contribution in [-0.4, -0.2) is 80.6 Å². The largest absolute Gasteiger partial charge is 0.401 e. The monoisotopic (exact) mass is 529 g/mol. The van der Waals surface area contributed by atoms with Crippen LogP contribution in [-0.2, 0) is 9.59 Å². The molecule has 0 aromatic carbocycles. The van der Waals surface area contributed by atoms with Crippen LogP contribution < -0.4 is 10.6 Å². The summed E-state index contributed by atoms with van der Waals surface area (Å²) in [7, 11) is 2.95. The zero-order valence-electron chi connectivity index (χ0n) is 16.4. The maximum absolute atomic E-state index is 12.6. The molecule has 7 nitrogen and oxygen atoms in total. The van der Waals surface area contributed by atoms with Crippen LogP contribution >= 0.6 is 24.0 Å². The van der Waals surface area contributed by atoms with Crippen molar-refractivity contribution in [3.05, 3.63) is 12.2 Å². The van der Waals surface area contributed by atoms with Gasteiger partial charge < -0.3 is 10.6 Å². The van der Waals surface area contributed by atoms with E-state index < -0.39 is 12.7 Å². The van der Waals surface area contributed by atoms with Crippen LogP contribution in [0.1, 0.15) is 6.42 Å². The molecule has 29 heavy (non-hydrogen) atoms. The van der Waals surface area contributed by atoms with E-state index in [-0.39, 0.29) is 79.1 Å². The minimum atomic E-state index is -4.23. The molecule has 0 spiro atoms. The maximum Gasteiger partial charge on any atom is 0.401 e. The standard InChI is InChI=1S/C18H26F3N5O2.HI/c1-22-17(23-5-7-25(2)10-18(19,20)21)24-6-8-26-15(27)13-11-3-4-12(9-11)14(13)16(26)28;/h3-4,11-14H,5-10H2,1-2H3,(H2,22,23,24);1H. The molecule has 0 aromatic heterocycles. The molecule has 1 heterocycles. The van der Waals surface area contributed by atoms with E-state index in [1.807, 2.05) is 0 Å². The Morgan fingerprint density at radius 3 is 2.24 bits per heavy atom. The van der Waals surface area contributed by atoms with Gasteiger partial charge in [0.05, 0.1) is 18.4 Å². The predicted octanol–water partition coefficient (Wildman–Crippen LogP) is 1.07. The van der Waals surface area contributed by atoms with E-state index >= 15 is 0 Å². The molecule has 4 atom stereocenters. The van der Waals surface area contributed by atoms with E-state index in [4.69, 9.17) is 0 Å². The number of aliphatic imine (C=N–C) groups is 1. The summed E-state index contributed by atoms with van der Waals surface area (Å²) in [6.45, 7) is 0.0883. The minimum absolute atomic E-state index is 0. The maximum atomic E-state index is 12.6. The number of carbonyl (C=O) groups excluding carboxylic acids is 2. The highest BCUT2D eigenvalue weighted by Gasteiger charge is 2.58. The second kappa shape index (κ2) is 9.63. The van der Waals surface area contributed by atoms with Gasteiger partial charge in [-0.25, -0.2) is 0 Å². The van der Waals surface area contributed by atoms with Crippen LogP contribution in [0.4, 0.5) is 13.2 Å². The van der Waals surface area contributed by atoms with Crippen LogP contribution in [0.3, 0.4) is 0 Å². The summed E-state index contributed by atoms with van der Waals surface area (Å²) in [5.74, 6) is 0.199. The number of rotatable bonds is 7. The smallest absolute Gasteiger partial charge is 0.355 e. The first kappa shape index (κ1) is 23.9. The Morgan fingerprint density at radius 2 is 1.72 bits per heavy atom. The summed E-state index contributed by atoms with van der Waals surface area (Å²) in [6.07, 6.45) is 0.787. The molecule has 4 unspecified atom stereocenters. The van der Waals surface area contributed by atoms with Gasteiger partial charge in [-0.15, -0.1) is 24.0 Å². The fourth-order valence-electron chi connectivity index (χ4n) is 4.44. The van der Waals surface area contributed by atoms with E-state index in [9.17, 15) is 22.8 Å². The molecule has 1 saturated heterocycles. The third-order valence-electron chi connectivity index (χ3n) is 5.65. The van der Waals surface area contributed by atoms with Gasteiger partial charge in [-0.1, -0.05) is 12.2 Å². The summed E-state index contributed by atoms with van der Waals surface area (Å²) in [6, 6.07) is 0. The first-order chi connectivity index (χ1) is 13.2. The molecule has 11 heteroatoms. The molecule has 0 aromatic rings. The number of alkyl halides is 3. The van der Waals surface area contributed by atoms with Crippen molar-refractivity contribution >= 4 is 41.8 Å². The molecule has 2 aliphatic carbocycles. The van der Waals surface area contributed by atoms with Crippen molar-refractivity contribution in [1.29, 1.82) is 0 Å². The number of nitrogens with one attached hydrogen (secondary N) is 2. The highest BCUT2D eigenvalue weighted by Crippen LogP contribution is 2.52. The number of allylic oxidation sites excluding steroid dienone is 2. The molecule has 1 aliphatic heterocycles. The third-order valence-corrected chi connectivity index (χ3v) is 5.65. The summed E-state index contributed by atoms with van der Waals surface area (Å²) in [5, 5.41) is 5.93. The SMILES string of the molecule is CN=C(NCCN(C)CC(F)(F)F)NCCN1C(=O)C2C3C=CC(C3)C2C1=O.I. The van der Waals surface area contributed by atoms with Gasteiger partial charge in [0, 0.05) is 33.2 Å². The van der Waals surface area contributed by atoms with Gasteiger partial charge in [-0.2, -0.15) is 13.2 Å². The quantitative estimate of drug-likeness (QED) is 0.170. The Balaban J connectivity index is 0.00000300. The summed E-state index contributed by atoms with van der Waals surface area (Å²) in [4.78, 5) is 31.7. The number of hydrogen-bond acceptors (Lipinski definition) is 4. The molecule has 2 bridgehead atoms. The second-order valence-electron chi connectivity index (χ2n) is 7.61. The molecule has 2 N–H and O–H groups in total. The number of guanidine groups is 1. The number of imide groups is 1. The van der Waals surface area contributed by atoms with Crippen molar-refractivity contribution in [2.45, 2.75) is 12.6 Å². The first-order valence-electron chi connectivity index (χ1n) is 9.44. The fraction of sp³-hybridized carbons (Fsp3) is 0.722. The molecule has 164 valence electrons. The lowest BCUT2D eigenvalue weighted by Crippen LogP contribution is -2.45. The topological polar surface area (TPSA) is 77.0 Å². The summed E-state index contributed by atoms with van der Waals surface area (Å²) >= 11 is 0. The lowest BCUT2D eigenvalue weighted by atomic mass is 9.85. The zero-order chi connectivity index (χ0) is 20.5. The number of hydrogen-bond donors (Lipinski definition) is 2. The Kier molecular flexibility index (Phi) is 7.93. The van der Waals surface area contributed by atoms with Crippen molar-refractivity contribution in [2.75, 3.05) is 46.8 Å². The van der Waals surface area contributed by atoms with Crippen molar-refractivity contribution in [3.63, 3.8) is 0 Å². The zero-order valence-corrected chi connectivity index (χ0v) is 18.7. The molecule has 2 fully saturated rings. The average molecular weight is 529 g/mol. The van der Waals surface area contributed by atoms with E-state index in [1.165, 1.54) is 16.8 Å². The molecular weight excluding hydrogens is 502 g/mol. The lowest BCUT2D eigenvalue weighted by molar-refractivity contribution is -0.143. The molecule has 3 aliphatic rings. The van der Waals surface area contributed by atoms with E-state index in [2.05, 4.69) is 27.8 Å². The van der Waals surface area contributed by atoms with Crippen LogP contribution in [0.25, 0.3) is 0 Å². The van der Waals surface area contributed by atoms with Crippen molar-refractivity contribution in [1.82, 2.24) is 20.4 Å². The second-order valence-corrected chi connectivity index (χ2v) is 7.61. The molecular formula is C18H27F3IN5O2. The highest BCUT2D eigenvalue weighted by atomic mass is 127. The van der Waals surface area contributed by atoms with Crippen molar-refractivity contribution in [2.24, 2.45) is 28.7 Å². The summed E-state index contributed by atoms with van der Waals surface area (Å²) in [5.41, 5.74) is 0. The van der Waals surface area contributed by atoms with Crippen LogP contribution in [0, 0.1) is 23.7 Å². The third kappa shape index (κ3) is 5.41. The minimum Gasteiger partial charge on any atom is -0.355 e. The van der Waals surface area contributed by atoms with Gasteiger partial charge in [0.1, 0.15) is 0 Å². The fourth-order valence-corrected chi connectivity index (χ4v) is 4.44. The predicted molar refractivity (Wildman–Crippen MR) is 113 cm³/mol. The number of likely N-dealkylation sites (N-methyl/N-ethyl adjacent to an activating group) is 1. The van der Waals surface area contributed by atoms with Crippen LogP contribution in [0.2, 0.25) is 0 Å². The highest BCUT2D eigenvalue weighted by molar-refractivity contribution is 14.0. The molecule has 1 saturated carbocycles. The van der Waals surface area contributed by atoms with Gasteiger partial charge in [0.25, 0.3) is 0 Å². The average Bonchev–Trinajstić information content (AvgIpc) is 3.28. The van der Waals surface area contributed by atoms with Crippen molar-refractivity contribution in [3.8, 4) is 0 Å². The number of halogens is 4. The lowest BCUT2D eigenvalue weighted by Gasteiger charge is -2.20. The number of fused-ring (bicyclic) bond motifs is 5. The van der Waals surface area contributed by atoms with Gasteiger partial charge >= 0.3 is 6.18 Å². The van der Waals surface area contributed by atoms with Crippen LogP contribution in [0.15, 0.2) is 17.1 Å². The molecule has 2 amide bonds. The first-order valence-corrected chi connectivity index (χ1v) is 9.44. The van der Waals surface area contributed by atoms with Gasteiger partial charge in [-0.3, -0.25) is 24.4 Å². The number of nitrogens with zero attached hydrogens (tertiary/aromatic N) is 3. The number of carbonyl (C=O) groups is 2. The molecule has 3 rings (SSSR count). The summed E-state index contributed by atoms with van der Waals surface area (Å²) < 4.78 is 36.9. The van der Waals surface area contributed by atoms with Gasteiger partial charge in [-0.05, 0) is 25.3 Å². The van der Waals surface area contributed by atoms with E-state index in [0.29, 0.717) is 12.5 Å². The van der Waals surface area contributed by atoms with Crippen molar-refractivity contribution < 1.29 is 22.8 Å². The number of amides is 2. The van der Waals surface area contributed by atoms with Gasteiger partial charge in [0.15, 0.2) is 5.96 Å². The Labute approximate surface area is 185 Å². The normalized spacial score (nSPS) is 28.2. The van der Waals surface area contributed by atoms with E-state index in [1.54, 1.807) is 7.05 Å². The van der Waals surface area contributed by atoms with E-state index in [0.717, 1.165) is 6.42 Å². The Bertz CT molecular complexity index is 655. The number of likely N-dealkylation sites (tertiary alicyclic amines) is 1. The Morgan fingerprint density at radius 1 is 1.17 bits per heavy atom. The van der Waals surface area contributed by atoms with Gasteiger partial charge in [0.2, 0.25) is 11.8 Å².